The van der Waals surface area contributed by atoms with Crippen molar-refractivity contribution in [2.24, 2.45) is 5.10 Å². The van der Waals surface area contributed by atoms with Crippen LogP contribution in [0.5, 0.6) is 5.75 Å². The summed E-state index contributed by atoms with van der Waals surface area (Å²) in [5, 5.41) is 7.30. The summed E-state index contributed by atoms with van der Waals surface area (Å²) in [4.78, 5) is 23.7. The summed E-state index contributed by atoms with van der Waals surface area (Å²) in [6.07, 6.45) is 6.69. The third-order valence-corrected chi connectivity index (χ3v) is 4.98. The standard InChI is InChI=1S/C22H24ClN3O3/c23-18-10-6-17(7-11-18)15-29-20-12-8-16(9-13-20)14-24-26-22(28)21(27)25-19-4-2-1-3-5-19/h6-14,19H,1-5,15H2,(H,25,27)(H,26,28). The smallest absolute Gasteiger partial charge is 0.329 e. The van der Waals surface area contributed by atoms with Gasteiger partial charge in [-0.3, -0.25) is 9.59 Å². The highest BCUT2D eigenvalue weighted by molar-refractivity contribution is 6.35. The lowest BCUT2D eigenvalue weighted by molar-refractivity contribution is -0.139. The largest absolute Gasteiger partial charge is 0.489 e. The monoisotopic (exact) mass is 413 g/mol. The van der Waals surface area contributed by atoms with Gasteiger partial charge in [0.1, 0.15) is 12.4 Å². The number of ether oxygens (including phenoxy) is 1. The Morgan fingerprint density at radius 2 is 1.69 bits per heavy atom. The maximum absolute atomic E-state index is 11.9. The molecule has 0 atom stereocenters. The van der Waals surface area contributed by atoms with Crippen LogP contribution in [0.25, 0.3) is 0 Å². The molecule has 0 aromatic heterocycles. The third kappa shape index (κ3) is 6.91. The normalized spacial score (nSPS) is 14.5. The van der Waals surface area contributed by atoms with Gasteiger partial charge < -0.3 is 10.1 Å². The van der Waals surface area contributed by atoms with Crippen molar-refractivity contribution in [3.05, 3.63) is 64.7 Å². The Hall–Kier alpha value is -2.86. The number of carbonyl (C=O) groups is 2. The molecule has 2 amide bonds. The van der Waals surface area contributed by atoms with E-state index in [0.717, 1.165) is 36.8 Å². The molecule has 1 aliphatic carbocycles. The van der Waals surface area contributed by atoms with Gasteiger partial charge in [-0.2, -0.15) is 5.10 Å². The molecule has 2 aromatic rings. The molecule has 1 aliphatic rings. The molecule has 29 heavy (non-hydrogen) atoms. The second-order valence-corrected chi connectivity index (χ2v) is 7.43. The van der Waals surface area contributed by atoms with Crippen molar-refractivity contribution >= 4 is 29.6 Å². The van der Waals surface area contributed by atoms with Crippen LogP contribution in [0.15, 0.2) is 53.6 Å². The van der Waals surface area contributed by atoms with Gasteiger partial charge in [0.25, 0.3) is 0 Å². The molecule has 1 saturated carbocycles. The molecule has 0 spiro atoms. The van der Waals surface area contributed by atoms with Crippen LogP contribution in [0.4, 0.5) is 0 Å². The van der Waals surface area contributed by atoms with Crippen LogP contribution in [-0.4, -0.2) is 24.1 Å². The number of carbonyl (C=O) groups excluding carboxylic acids is 2. The Balaban J connectivity index is 1.42. The van der Waals surface area contributed by atoms with Crippen LogP contribution in [0.3, 0.4) is 0 Å². The molecule has 0 aliphatic heterocycles. The second-order valence-electron chi connectivity index (χ2n) is 6.99. The van der Waals surface area contributed by atoms with Gasteiger partial charge in [0.2, 0.25) is 0 Å². The number of hydrogen-bond donors (Lipinski definition) is 2. The van der Waals surface area contributed by atoms with E-state index in [2.05, 4.69) is 15.8 Å². The van der Waals surface area contributed by atoms with Crippen LogP contribution in [-0.2, 0) is 16.2 Å². The van der Waals surface area contributed by atoms with Crippen molar-refractivity contribution < 1.29 is 14.3 Å². The minimum atomic E-state index is -0.755. The molecular weight excluding hydrogens is 390 g/mol. The number of nitrogens with one attached hydrogen (secondary N) is 2. The van der Waals surface area contributed by atoms with Crippen LogP contribution < -0.4 is 15.5 Å². The minimum absolute atomic E-state index is 0.0893. The van der Waals surface area contributed by atoms with E-state index in [1.807, 2.05) is 48.5 Å². The van der Waals surface area contributed by atoms with E-state index >= 15 is 0 Å². The van der Waals surface area contributed by atoms with Crippen molar-refractivity contribution in [3.8, 4) is 5.75 Å². The SMILES string of the molecule is O=C(NN=Cc1ccc(OCc2ccc(Cl)cc2)cc1)C(=O)NC1CCCCC1. The number of amides is 2. The molecule has 0 heterocycles. The Kier molecular flexibility index (Phi) is 7.64. The number of nitrogens with zero attached hydrogens (tertiary/aromatic N) is 1. The average Bonchev–Trinajstić information content (AvgIpc) is 2.75. The zero-order valence-corrected chi connectivity index (χ0v) is 16.8. The van der Waals surface area contributed by atoms with Crippen molar-refractivity contribution in [2.45, 2.75) is 44.8 Å². The molecule has 0 radical (unpaired) electrons. The molecular formula is C22H24ClN3O3. The number of rotatable bonds is 6. The van der Waals surface area contributed by atoms with Gasteiger partial charge in [0.15, 0.2) is 0 Å². The fraction of sp³-hybridized carbons (Fsp3) is 0.318. The molecule has 2 aromatic carbocycles. The topological polar surface area (TPSA) is 79.8 Å². The fourth-order valence-electron chi connectivity index (χ4n) is 3.11. The molecule has 6 nitrogen and oxygen atoms in total. The highest BCUT2D eigenvalue weighted by Gasteiger charge is 2.19. The number of halogens is 1. The second kappa shape index (κ2) is 10.6. The molecule has 0 saturated heterocycles. The Morgan fingerprint density at radius 3 is 2.38 bits per heavy atom. The Morgan fingerprint density at radius 1 is 1.00 bits per heavy atom. The summed E-state index contributed by atoms with van der Waals surface area (Å²) in [5.41, 5.74) is 4.06. The minimum Gasteiger partial charge on any atom is -0.489 e. The predicted molar refractivity (Wildman–Crippen MR) is 113 cm³/mol. The van der Waals surface area contributed by atoms with E-state index < -0.39 is 11.8 Å². The number of benzene rings is 2. The molecule has 0 unspecified atom stereocenters. The summed E-state index contributed by atoms with van der Waals surface area (Å²) >= 11 is 5.87. The first-order valence-corrected chi connectivity index (χ1v) is 10.1. The van der Waals surface area contributed by atoms with E-state index in [0.29, 0.717) is 17.4 Å². The van der Waals surface area contributed by atoms with E-state index in [1.54, 1.807) is 0 Å². The zero-order valence-electron chi connectivity index (χ0n) is 16.1. The zero-order chi connectivity index (χ0) is 20.5. The van der Waals surface area contributed by atoms with Gasteiger partial charge >= 0.3 is 11.8 Å². The highest BCUT2D eigenvalue weighted by atomic mass is 35.5. The fourth-order valence-corrected chi connectivity index (χ4v) is 3.24. The summed E-state index contributed by atoms with van der Waals surface area (Å²) in [6.45, 7) is 0.441. The summed E-state index contributed by atoms with van der Waals surface area (Å²) in [5.74, 6) is -0.678. The lowest BCUT2D eigenvalue weighted by Crippen LogP contribution is -2.44. The Bertz CT molecular complexity index is 845. The highest BCUT2D eigenvalue weighted by Crippen LogP contribution is 2.17. The van der Waals surface area contributed by atoms with Gasteiger partial charge in [-0.1, -0.05) is 43.0 Å². The van der Waals surface area contributed by atoms with Crippen molar-refractivity contribution in [3.63, 3.8) is 0 Å². The molecule has 7 heteroatoms. The Labute approximate surface area is 175 Å². The molecule has 1 fully saturated rings. The number of hydrogen-bond acceptors (Lipinski definition) is 4. The molecule has 2 N–H and O–H groups in total. The van der Waals surface area contributed by atoms with Crippen LogP contribution in [0.2, 0.25) is 5.02 Å². The first-order chi connectivity index (χ1) is 14.1. The van der Waals surface area contributed by atoms with Crippen LogP contribution in [0, 0.1) is 0 Å². The molecule has 152 valence electrons. The first kappa shape index (κ1) is 20.9. The first-order valence-electron chi connectivity index (χ1n) is 9.71. The quantitative estimate of drug-likeness (QED) is 0.429. The van der Waals surface area contributed by atoms with E-state index in [4.69, 9.17) is 16.3 Å². The molecule has 3 rings (SSSR count). The maximum Gasteiger partial charge on any atom is 0.329 e. The van der Waals surface area contributed by atoms with Crippen molar-refractivity contribution in [1.29, 1.82) is 0 Å². The van der Waals surface area contributed by atoms with Crippen molar-refractivity contribution in [1.82, 2.24) is 10.7 Å². The van der Waals surface area contributed by atoms with E-state index in [9.17, 15) is 9.59 Å². The predicted octanol–water partition coefficient (Wildman–Crippen LogP) is 3.82. The third-order valence-electron chi connectivity index (χ3n) is 4.73. The van der Waals surface area contributed by atoms with Crippen LogP contribution >= 0.6 is 11.6 Å². The van der Waals surface area contributed by atoms with Gasteiger partial charge in [-0.25, -0.2) is 5.43 Å². The van der Waals surface area contributed by atoms with Crippen LogP contribution in [0.1, 0.15) is 43.2 Å². The van der Waals surface area contributed by atoms with Gasteiger partial charge in [-0.15, -0.1) is 0 Å². The van der Waals surface area contributed by atoms with Crippen molar-refractivity contribution in [2.75, 3.05) is 0 Å². The maximum atomic E-state index is 11.9. The summed E-state index contributed by atoms with van der Waals surface area (Å²) < 4.78 is 5.72. The number of hydrazone groups is 1. The van der Waals surface area contributed by atoms with E-state index in [1.165, 1.54) is 12.6 Å². The van der Waals surface area contributed by atoms with Gasteiger partial charge in [0, 0.05) is 11.1 Å². The molecule has 0 bridgehead atoms. The average molecular weight is 414 g/mol. The van der Waals surface area contributed by atoms with Gasteiger partial charge in [0.05, 0.1) is 6.21 Å². The summed E-state index contributed by atoms with van der Waals surface area (Å²) in [6, 6.07) is 14.8. The van der Waals surface area contributed by atoms with Gasteiger partial charge in [-0.05, 0) is 60.4 Å². The summed E-state index contributed by atoms with van der Waals surface area (Å²) in [7, 11) is 0. The lowest BCUT2D eigenvalue weighted by atomic mass is 9.95. The lowest BCUT2D eigenvalue weighted by Gasteiger charge is -2.22. The van der Waals surface area contributed by atoms with E-state index in [-0.39, 0.29) is 6.04 Å².